The molecule has 0 radical (unpaired) electrons. The summed E-state index contributed by atoms with van der Waals surface area (Å²) in [6, 6.07) is 11.3. The van der Waals surface area contributed by atoms with E-state index in [1.165, 1.54) is 0 Å². The van der Waals surface area contributed by atoms with Gasteiger partial charge in [0, 0.05) is 5.02 Å². The van der Waals surface area contributed by atoms with Crippen LogP contribution in [0.15, 0.2) is 42.5 Å². The largest absolute Gasteiger partial charge is 0.325 e. The lowest BCUT2D eigenvalue weighted by Crippen LogP contribution is -2.44. The van der Waals surface area contributed by atoms with E-state index in [1.807, 2.05) is 0 Å². The monoisotopic (exact) mass is 429 g/mol. The molecule has 0 spiro atoms. The Balaban J connectivity index is 1.55. The highest BCUT2D eigenvalue weighted by Gasteiger charge is 2.51. The molecule has 1 aliphatic heterocycles. The molecule has 1 fully saturated rings. The molecule has 0 saturated carbocycles. The number of nitrogens with zero attached hydrogens (tertiary/aromatic N) is 3. The van der Waals surface area contributed by atoms with Gasteiger partial charge < -0.3 is 10.6 Å². The summed E-state index contributed by atoms with van der Waals surface area (Å²) in [5, 5.41) is 5.97. The highest BCUT2D eigenvalue weighted by molar-refractivity contribution is 7.00. The number of urea groups is 1. The highest BCUT2D eigenvalue weighted by atomic mass is 35.5. The van der Waals surface area contributed by atoms with Crippen molar-refractivity contribution >= 4 is 57.9 Å². The summed E-state index contributed by atoms with van der Waals surface area (Å²) in [5.74, 6) is -0.979. The van der Waals surface area contributed by atoms with Gasteiger partial charge in [-0.2, -0.15) is 8.75 Å². The average Bonchev–Trinajstić information content (AvgIpc) is 3.28. The van der Waals surface area contributed by atoms with Crippen molar-refractivity contribution in [2.75, 3.05) is 11.9 Å². The maximum Gasteiger partial charge on any atom is 0.325 e. The van der Waals surface area contributed by atoms with Crippen molar-refractivity contribution in [3.8, 4) is 0 Å². The number of imide groups is 1. The summed E-state index contributed by atoms with van der Waals surface area (Å²) in [4.78, 5) is 39.1. The maximum atomic E-state index is 13.1. The molecule has 29 heavy (non-hydrogen) atoms. The summed E-state index contributed by atoms with van der Waals surface area (Å²) < 4.78 is 8.29. The Hall–Kier alpha value is -3.04. The predicted octanol–water partition coefficient (Wildman–Crippen LogP) is 3.14. The minimum atomic E-state index is -1.22. The van der Waals surface area contributed by atoms with Crippen LogP contribution in [0.5, 0.6) is 0 Å². The van der Waals surface area contributed by atoms with Crippen molar-refractivity contribution in [1.29, 1.82) is 0 Å². The molecule has 1 atom stereocenters. The zero-order valence-corrected chi connectivity index (χ0v) is 16.9. The molecule has 0 bridgehead atoms. The summed E-state index contributed by atoms with van der Waals surface area (Å²) in [5.41, 5.74) is 1.10. The van der Waals surface area contributed by atoms with Crippen LogP contribution >= 0.6 is 23.3 Å². The molecule has 148 valence electrons. The van der Waals surface area contributed by atoms with E-state index in [9.17, 15) is 14.4 Å². The smallest absolute Gasteiger partial charge is 0.323 e. The molecule has 2 aromatic carbocycles. The Bertz CT molecular complexity index is 1120. The molecular weight excluding hydrogens is 414 g/mol. The van der Waals surface area contributed by atoms with Crippen molar-refractivity contribution in [1.82, 2.24) is 19.0 Å². The van der Waals surface area contributed by atoms with Gasteiger partial charge in [-0.25, -0.2) is 4.79 Å². The molecule has 4 rings (SSSR count). The van der Waals surface area contributed by atoms with Crippen molar-refractivity contribution in [2.24, 2.45) is 0 Å². The summed E-state index contributed by atoms with van der Waals surface area (Å²) in [6.07, 6.45) is 0.334. The zero-order chi connectivity index (χ0) is 20.6. The number of hydrogen-bond acceptors (Lipinski definition) is 6. The van der Waals surface area contributed by atoms with Crippen molar-refractivity contribution in [3.05, 3.63) is 53.1 Å². The van der Waals surface area contributed by atoms with Crippen LogP contribution in [0, 0.1) is 0 Å². The predicted molar refractivity (Wildman–Crippen MR) is 110 cm³/mol. The van der Waals surface area contributed by atoms with Gasteiger partial charge in [0.1, 0.15) is 23.1 Å². The number of rotatable bonds is 5. The Morgan fingerprint density at radius 1 is 1.21 bits per heavy atom. The van der Waals surface area contributed by atoms with E-state index in [2.05, 4.69) is 19.4 Å². The molecule has 1 saturated heterocycles. The molecule has 4 amide bonds. The lowest BCUT2D eigenvalue weighted by Gasteiger charge is -2.25. The van der Waals surface area contributed by atoms with Crippen LogP contribution in [0.1, 0.15) is 18.9 Å². The minimum absolute atomic E-state index is 0.334. The number of carbonyl (C=O) groups is 3. The molecule has 0 aliphatic carbocycles. The van der Waals surface area contributed by atoms with Crippen LogP contribution in [0.3, 0.4) is 0 Å². The third kappa shape index (κ3) is 3.32. The average molecular weight is 430 g/mol. The highest BCUT2D eigenvalue weighted by Crippen LogP contribution is 2.33. The number of fused-ring (bicyclic) bond motifs is 1. The zero-order valence-electron chi connectivity index (χ0n) is 15.3. The lowest BCUT2D eigenvalue weighted by atomic mass is 9.87. The van der Waals surface area contributed by atoms with Gasteiger partial charge in [0.2, 0.25) is 5.91 Å². The second kappa shape index (κ2) is 7.41. The first kappa shape index (κ1) is 19.3. The van der Waals surface area contributed by atoms with Gasteiger partial charge in [0.25, 0.3) is 5.91 Å². The van der Waals surface area contributed by atoms with E-state index < -0.39 is 29.9 Å². The van der Waals surface area contributed by atoms with Crippen molar-refractivity contribution < 1.29 is 14.4 Å². The number of nitrogens with one attached hydrogen (secondary N) is 2. The van der Waals surface area contributed by atoms with Crippen LogP contribution in [0.2, 0.25) is 5.02 Å². The molecule has 10 heteroatoms. The van der Waals surface area contributed by atoms with E-state index in [0.717, 1.165) is 16.6 Å². The fourth-order valence-electron chi connectivity index (χ4n) is 3.38. The standard InChI is InChI=1S/C19H16ClN5O3S/c1-2-19(11-6-8-12(20)9-7-11)17(27)25(18(28)22-19)10-15(26)21-13-4-3-5-14-16(13)24-29-23-14/h3-9H,2,10H2,1H3,(H,21,26)(H,22,28). The maximum absolute atomic E-state index is 13.1. The first-order valence-corrected chi connectivity index (χ1v) is 9.97. The van der Waals surface area contributed by atoms with Crippen LogP contribution in [0.4, 0.5) is 10.5 Å². The van der Waals surface area contributed by atoms with Gasteiger partial charge in [0.15, 0.2) is 0 Å². The molecule has 1 unspecified atom stereocenters. The van der Waals surface area contributed by atoms with Gasteiger partial charge >= 0.3 is 6.03 Å². The van der Waals surface area contributed by atoms with Crippen molar-refractivity contribution in [3.63, 3.8) is 0 Å². The van der Waals surface area contributed by atoms with Gasteiger partial charge in [0.05, 0.1) is 17.4 Å². The van der Waals surface area contributed by atoms with Crippen LogP contribution in [-0.4, -0.2) is 38.0 Å². The summed E-state index contributed by atoms with van der Waals surface area (Å²) >= 11 is 6.98. The summed E-state index contributed by atoms with van der Waals surface area (Å²) in [6.45, 7) is 1.39. The number of benzene rings is 2. The number of aromatic nitrogens is 2. The molecular formula is C19H16ClN5O3S. The Morgan fingerprint density at radius 2 is 1.97 bits per heavy atom. The van der Waals surface area contributed by atoms with Gasteiger partial charge in [-0.15, -0.1) is 0 Å². The Labute approximate surface area is 175 Å². The third-order valence-electron chi connectivity index (χ3n) is 4.90. The molecule has 1 aromatic heterocycles. The van der Waals surface area contributed by atoms with Crippen molar-refractivity contribution in [2.45, 2.75) is 18.9 Å². The second-order valence-electron chi connectivity index (χ2n) is 6.57. The molecule has 1 aliphatic rings. The fraction of sp³-hybridized carbons (Fsp3) is 0.211. The van der Waals surface area contributed by atoms with E-state index in [0.29, 0.717) is 33.7 Å². The van der Waals surface area contributed by atoms with Crippen LogP contribution in [-0.2, 0) is 15.1 Å². The first-order chi connectivity index (χ1) is 13.9. The summed E-state index contributed by atoms with van der Waals surface area (Å²) in [7, 11) is 0. The normalized spacial score (nSPS) is 18.9. The quantitative estimate of drug-likeness (QED) is 0.606. The lowest BCUT2D eigenvalue weighted by molar-refractivity contribution is -0.134. The number of carbonyl (C=O) groups excluding carboxylic acids is 3. The van der Waals surface area contributed by atoms with E-state index in [1.54, 1.807) is 49.4 Å². The second-order valence-corrected chi connectivity index (χ2v) is 7.54. The van der Waals surface area contributed by atoms with E-state index >= 15 is 0 Å². The van der Waals surface area contributed by atoms with Gasteiger partial charge in [-0.3, -0.25) is 14.5 Å². The number of anilines is 1. The van der Waals surface area contributed by atoms with E-state index in [4.69, 9.17) is 11.6 Å². The topological polar surface area (TPSA) is 104 Å². The molecule has 2 N–H and O–H groups in total. The molecule has 3 aromatic rings. The third-order valence-corrected chi connectivity index (χ3v) is 5.70. The Kier molecular flexibility index (Phi) is 4.93. The van der Waals surface area contributed by atoms with Crippen LogP contribution < -0.4 is 10.6 Å². The molecule has 2 heterocycles. The van der Waals surface area contributed by atoms with E-state index in [-0.39, 0.29) is 0 Å². The first-order valence-electron chi connectivity index (χ1n) is 8.86. The van der Waals surface area contributed by atoms with Crippen LogP contribution in [0.25, 0.3) is 11.0 Å². The molecule has 8 nitrogen and oxygen atoms in total. The number of amides is 4. The van der Waals surface area contributed by atoms with Gasteiger partial charge in [-0.05, 0) is 36.2 Å². The number of halogens is 1. The SMILES string of the molecule is CCC1(c2ccc(Cl)cc2)NC(=O)N(CC(=O)Nc2cccc3nsnc23)C1=O. The fourth-order valence-corrected chi connectivity index (χ4v) is 4.06. The minimum Gasteiger partial charge on any atom is -0.323 e. The number of hydrogen-bond donors (Lipinski definition) is 2. The Morgan fingerprint density at radius 3 is 2.69 bits per heavy atom. The van der Waals surface area contributed by atoms with Gasteiger partial charge in [-0.1, -0.05) is 36.7 Å².